The van der Waals surface area contributed by atoms with E-state index in [1.165, 1.54) is 36.1 Å². The minimum Gasteiger partial charge on any atom is -0.398 e. The van der Waals surface area contributed by atoms with Crippen LogP contribution in [-0.2, 0) is 6.42 Å². The van der Waals surface area contributed by atoms with E-state index in [0.717, 1.165) is 41.8 Å². The quantitative estimate of drug-likeness (QED) is 0.150. The van der Waals surface area contributed by atoms with Crippen LogP contribution in [0.3, 0.4) is 0 Å². The number of benzene rings is 2. The van der Waals surface area contributed by atoms with Gasteiger partial charge in [-0.3, -0.25) is 0 Å². The molecule has 5 N–H and O–H groups in total. The van der Waals surface area contributed by atoms with Crippen molar-refractivity contribution in [2.75, 3.05) is 32.9 Å². The molecular formula is C31H43FN4. The van der Waals surface area contributed by atoms with E-state index in [9.17, 15) is 4.39 Å². The standard InChI is InChI=1S/C19H19FN2.C12H24N2/c1-3-14-8-12-18(22)19(16(14)4-2)17(21)11-7-13-5-9-15(20)10-6-13;1-5-6-12(10-14-4)8-7-11(2)9-13-3/h3,5-12,21H,1,4,22H2,2H3;7-8,13-14H,5-6,9-10H2,1-4H3/b11-7+,21-17?;11-7+,12-8+. The molecule has 0 spiro atoms. The maximum atomic E-state index is 12.9. The Labute approximate surface area is 217 Å². The van der Waals surface area contributed by atoms with Gasteiger partial charge < -0.3 is 21.8 Å². The number of nitrogens with two attached hydrogens (primary N) is 1. The molecule has 0 saturated carbocycles. The minimum atomic E-state index is -0.275. The number of anilines is 1. The van der Waals surface area contributed by atoms with E-state index in [1.54, 1.807) is 36.4 Å². The molecule has 5 heteroatoms. The van der Waals surface area contributed by atoms with Gasteiger partial charge in [0.05, 0.1) is 5.71 Å². The normalized spacial score (nSPS) is 11.8. The Morgan fingerprint density at radius 3 is 2.25 bits per heavy atom. The zero-order chi connectivity index (χ0) is 26.9. The Kier molecular flexibility index (Phi) is 14.7. The van der Waals surface area contributed by atoms with Crippen molar-refractivity contribution in [2.45, 2.75) is 40.0 Å². The van der Waals surface area contributed by atoms with Crippen molar-refractivity contribution in [3.8, 4) is 0 Å². The van der Waals surface area contributed by atoms with Gasteiger partial charge in [-0.1, -0.05) is 80.5 Å². The van der Waals surface area contributed by atoms with Crippen LogP contribution in [0.15, 0.2) is 72.4 Å². The fourth-order valence-electron chi connectivity index (χ4n) is 3.79. The van der Waals surface area contributed by atoms with E-state index in [-0.39, 0.29) is 5.82 Å². The first-order valence-electron chi connectivity index (χ1n) is 12.5. The summed E-state index contributed by atoms with van der Waals surface area (Å²) >= 11 is 0. The van der Waals surface area contributed by atoms with Crippen LogP contribution in [0, 0.1) is 11.2 Å². The average Bonchev–Trinajstić information content (AvgIpc) is 2.87. The second kappa shape index (κ2) is 17.2. The highest BCUT2D eigenvalue weighted by atomic mass is 19.1. The van der Waals surface area contributed by atoms with Crippen LogP contribution in [0.5, 0.6) is 0 Å². The lowest BCUT2D eigenvalue weighted by atomic mass is 9.93. The van der Waals surface area contributed by atoms with E-state index < -0.39 is 0 Å². The highest BCUT2D eigenvalue weighted by Crippen LogP contribution is 2.24. The van der Waals surface area contributed by atoms with Crippen molar-refractivity contribution in [3.05, 3.63) is 100 Å². The number of hydrogen-bond donors (Lipinski definition) is 4. The SMILES string of the molecule is C=Cc1ccc(N)c(C(=N)/C=C/c2ccc(F)cc2)c1CC.CCC/C(=C\C=C(/C)CNC)CNC. The van der Waals surface area contributed by atoms with Gasteiger partial charge in [0.1, 0.15) is 5.82 Å². The zero-order valence-electron chi connectivity index (χ0n) is 22.5. The molecule has 0 aliphatic rings. The summed E-state index contributed by atoms with van der Waals surface area (Å²) in [6, 6.07) is 9.85. The first-order valence-corrected chi connectivity index (χ1v) is 12.5. The molecule has 0 radical (unpaired) electrons. The number of allylic oxidation sites excluding steroid dienone is 3. The van der Waals surface area contributed by atoms with E-state index in [0.29, 0.717) is 11.4 Å². The molecule has 2 rings (SSSR count). The molecule has 0 bridgehead atoms. The Hall–Kier alpha value is -3.28. The molecule has 0 aromatic heterocycles. The smallest absolute Gasteiger partial charge is 0.123 e. The third-order valence-corrected chi connectivity index (χ3v) is 5.57. The lowest BCUT2D eigenvalue weighted by Gasteiger charge is -2.13. The van der Waals surface area contributed by atoms with Crippen molar-refractivity contribution in [2.24, 2.45) is 0 Å². The maximum absolute atomic E-state index is 12.9. The van der Waals surface area contributed by atoms with Crippen LogP contribution in [0.1, 0.15) is 55.9 Å². The van der Waals surface area contributed by atoms with Crippen LogP contribution in [0.4, 0.5) is 10.1 Å². The number of nitrogens with one attached hydrogen (secondary N) is 3. The van der Waals surface area contributed by atoms with Gasteiger partial charge in [-0.05, 0) is 74.8 Å². The molecule has 0 unspecified atom stereocenters. The molecule has 0 fully saturated rings. The highest BCUT2D eigenvalue weighted by molar-refractivity contribution is 6.13. The largest absolute Gasteiger partial charge is 0.398 e. The molecule has 0 amide bonds. The predicted molar refractivity (Wildman–Crippen MR) is 157 cm³/mol. The van der Waals surface area contributed by atoms with Crippen molar-refractivity contribution in [1.29, 1.82) is 5.41 Å². The number of hydrogen-bond acceptors (Lipinski definition) is 4. The van der Waals surface area contributed by atoms with Gasteiger partial charge in [0, 0.05) is 24.3 Å². The maximum Gasteiger partial charge on any atom is 0.123 e. The van der Waals surface area contributed by atoms with Gasteiger partial charge in [-0.2, -0.15) is 0 Å². The predicted octanol–water partition coefficient (Wildman–Crippen LogP) is 6.79. The summed E-state index contributed by atoms with van der Waals surface area (Å²) in [5, 5.41) is 14.6. The molecule has 0 heterocycles. The van der Waals surface area contributed by atoms with Crippen molar-refractivity contribution in [1.82, 2.24) is 10.6 Å². The molecule has 36 heavy (non-hydrogen) atoms. The van der Waals surface area contributed by atoms with Crippen molar-refractivity contribution >= 4 is 23.6 Å². The Balaban J connectivity index is 0.000000402. The lowest BCUT2D eigenvalue weighted by molar-refractivity contribution is 0.628. The molecule has 0 aliphatic carbocycles. The van der Waals surface area contributed by atoms with E-state index in [4.69, 9.17) is 11.1 Å². The Morgan fingerprint density at radius 1 is 1.03 bits per heavy atom. The first kappa shape index (κ1) is 30.8. The highest BCUT2D eigenvalue weighted by Gasteiger charge is 2.11. The van der Waals surface area contributed by atoms with Gasteiger partial charge in [0.15, 0.2) is 0 Å². The Morgan fingerprint density at radius 2 is 1.69 bits per heavy atom. The summed E-state index contributed by atoms with van der Waals surface area (Å²) in [5.41, 5.74) is 13.4. The molecule has 2 aromatic carbocycles. The molecule has 194 valence electrons. The lowest BCUT2D eigenvalue weighted by Crippen LogP contribution is -2.10. The summed E-state index contributed by atoms with van der Waals surface area (Å²) in [6.07, 6.45) is 12.9. The number of halogens is 1. The van der Waals surface area contributed by atoms with Crippen LogP contribution >= 0.6 is 0 Å². The molecule has 0 saturated heterocycles. The van der Waals surface area contributed by atoms with Gasteiger partial charge in [0.2, 0.25) is 0 Å². The minimum absolute atomic E-state index is 0.275. The monoisotopic (exact) mass is 490 g/mol. The van der Waals surface area contributed by atoms with Gasteiger partial charge >= 0.3 is 0 Å². The van der Waals surface area contributed by atoms with Gasteiger partial charge in [-0.25, -0.2) is 4.39 Å². The first-order chi connectivity index (χ1) is 17.3. The van der Waals surface area contributed by atoms with E-state index in [2.05, 4.69) is 43.2 Å². The van der Waals surface area contributed by atoms with Crippen LogP contribution in [0.25, 0.3) is 12.2 Å². The van der Waals surface area contributed by atoms with Crippen LogP contribution in [0.2, 0.25) is 0 Å². The number of likely N-dealkylation sites (N-methyl/N-ethyl adjacent to an activating group) is 2. The summed E-state index contributed by atoms with van der Waals surface area (Å²) in [4.78, 5) is 0. The number of rotatable bonds is 12. The van der Waals surface area contributed by atoms with E-state index >= 15 is 0 Å². The fourth-order valence-corrected chi connectivity index (χ4v) is 3.79. The average molecular weight is 491 g/mol. The summed E-state index contributed by atoms with van der Waals surface area (Å²) in [7, 11) is 3.97. The van der Waals surface area contributed by atoms with Gasteiger partial charge in [-0.15, -0.1) is 0 Å². The van der Waals surface area contributed by atoms with Gasteiger partial charge in [0.25, 0.3) is 0 Å². The summed E-state index contributed by atoms with van der Waals surface area (Å²) < 4.78 is 12.9. The second-order valence-corrected chi connectivity index (χ2v) is 8.60. The molecule has 4 nitrogen and oxygen atoms in total. The Bertz CT molecular complexity index is 1050. The van der Waals surface area contributed by atoms with Crippen LogP contribution in [-0.4, -0.2) is 32.9 Å². The third kappa shape index (κ3) is 10.5. The summed E-state index contributed by atoms with van der Waals surface area (Å²) in [6.45, 7) is 12.2. The molecular weight excluding hydrogens is 447 g/mol. The molecule has 0 aliphatic heterocycles. The topological polar surface area (TPSA) is 73.9 Å². The van der Waals surface area contributed by atoms with E-state index in [1.807, 2.05) is 27.1 Å². The fraction of sp³-hybridized carbons (Fsp3) is 0.323. The molecule has 2 aromatic rings. The molecule has 0 atom stereocenters. The second-order valence-electron chi connectivity index (χ2n) is 8.60. The third-order valence-electron chi connectivity index (χ3n) is 5.57. The summed E-state index contributed by atoms with van der Waals surface area (Å²) in [5.74, 6) is -0.275. The zero-order valence-corrected chi connectivity index (χ0v) is 22.5. The van der Waals surface area contributed by atoms with Crippen LogP contribution < -0.4 is 16.4 Å². The van der Waals surface area contributed by atoms with Crippen molar-refractivity contribution in [3.63, 3.8) is 0 Å². The van der Waals surface area contributed by atoms with Crippen molar-refractivity contribution < 1.29 is 4.39 Å². The number of nitrogen functional groups attached to an aromatic ring is 1.